The summed E-state index contributed by atoms with van der Waals surface area (Å²) in [5.41, 5.74) is 0.765. The number of hydrogen-bond donors (Lipinski definition) is 2. The summed E-state index contributed by atoms with van der Waals surface area (Å²) in [6.07, 6.45) is 10.5. The highest BCUT2D eigenvalue weighted by Crippen LogP contribution is 2.26. The van der Waals surface area contributed by atoms with Crippen molar-refractivity contribution >= 4 is 18.0 Å². The maximum atomic E-state index is 12.9. The summed E-state index contributed by atoms with van der Waals surface area (Å²) in [5, 5.41) is 12.3. The number of nitrogens with zero attached hydrogens (tertiary/aromatic N) is 1. The summed E-state index contributed by atoms with van der Waals surface area (Å²) in [4.78, 5) is 37.6. The Morgan fingerprint density at radius 2 is 1.64 bits per heavy atom. The highest BCUT2D eigenvalue weighted by atomic mass is 16.5. The molecule has 1 aliphatic rings. The Morgan fingerprint density at radius 1 is 1.00 bits per heavy atom. The molecule has 0 saturated carbocycles. The van der Waals surface area contributed by atoms with Gasteiger partial charge >= 0.3 is 12.1 Å². The Labute approximate surface area is 197 Å². The Kier molecular flexibility index (Phi) is 11.2. The number of carbonyl (C=O) groups is 3. The SMILES string of the molecule is CCCCCCCCCCc1ccc(C(=O)NC2(CC(=O)OCC)CCN(C(=O)O)C2)cc1. The number of carboxylic acid groups (broad SMARTS) is 1. The summed E-state index contributed by atoms with van der Waals surface area (Å²) < 4.78 is 5.05. The highest BCUT2D eigenvalue weighted by molar-refractivity contribution is 5.95. The van der Waals surface area contributed by atoms with Gasteiger partial charge in [-0.25, -0.2) is 4.79 Å². The minimum Gasteiger partial charge on any atom is -0.466 e. The molecule has 0 aromatic heterocycles. The highest BCUT2D eigenvalue weighted by Gasteiger charge is 2.43. The van der Waals surface area contributed by atoms with Gasteiger partial charge < -0.3 is 20.1 Å². The van der Waals surface area contributed by atoms with E-state index in [1.165, 1.54) is 55.4 Å². The number of carbonyl (C=O) groups excluding carboxylic acids is 2. The van der Waals surface area contributed by atoms with Crippen LogP contribution in [0.2, 0.25) is 0 Å². The average Bonchev–Trinajstić information content (AvgIpc) is 3.19. The molecule has 184 valence electrons. The van der Waals surface area contributed by atoms with Crippen LogP contribution in [0.25, 0.3) is 0 Å². The van der Waals surface area contributed by atoms with Gasteiger partial charge in [-0.15, -0.1) is 0 Å². The van der Waals surface area contributed by atoms with E-state index in [4.69, 9.17) is 4.74 Å². The van der Waals surface area contributed by atoms with Crippen molar-refractivity contribution in [2.45, 2.75) is 90.0 Å². The molecule has 1 heterocycles. The van der Waals surface area contributed by atoms with Gasteiger partial charge in [-0.2, -0.15) is 0 Å². The molecule has 7 heteroatoms. The van der Waals surface area contributed by atoms with Gasteiger partial charge in [-0.3, -0.25) is 9.59 Å². The summed E-state index contributed by atoms with van der Waals surface area (Å²) in [6, 6.07) is 7.56. The summed E-state index contributed by atoms with van der Waals surface area (Å²) in [6.45, 7) is 4.54. The van der Waals surface area contributed by atoms with Crippen molar-refractivity contribution in [1.82, 2.24) is 10.2 Å². The number of ether oxygens (including phenoxy) is 1. The third kappa shape index (κ3) is 9.06. The van der Waals surface area contributed by atoms with Gasteiger partial charge in [-0.05, 0) is 43.9 Å². The smallest absolute Gasteiger partial charge is 0.407 e. The van der Waals surface area contributed by atoms with Gasteiger partial charge in [-0.1, -0.05) is 64.0 Å². The second-order valence-electron chi connectivity index (χ2n) is 9.09. The lowest BCUT2D eigenvalue weighted by atomic mass is 9.93. The van der Waals surface area contributed by atoms with Crippen LogP contribution in [-0.4, -0.2) is 53.2 Å². The van der Waals surface area contributed by atoms with Gasteiger partial charge in [0.15, 0.2) is 0 Å². The number of aryl methyl sites for hydroxylation is 1. The van der Waals surface area contributed by atoms with E-state index in [0.29, 0.717) is 12.0 Å². The van der Waals surface area contributed by atoms with Crippen LogP contribution in [0.1, 0.15) is 94.0 Å². The third-order valence-electron chi connectivity index (χ3n) is 6.33. The van der Waals surface area contributed by atoms with Crippen molar-refractivity contribution in [1.29, 1.82) is 0 Å². The first-order chi connectivity index (χ1) is 15.9. The van der Waals surface area contributed by atoms with Crippen LogP contribution in [0.4, 0.5) is 4.79 Å². The minimum absolute atomic E-state index is 0.0487. The fourth-order valence-corrected chi connectivity index (χ4v) is 4.41. The molecule has 1 atom stereocenters. The van der Waals surface area contributed by atoms with Crippen molar-refractivity contribution in [3.63, 3.8) is 0 Å². The van der Waals surface area contributed by atoms with Crippen molar-refractivity contribution in [2.24, 2.45) is 0 Å². The predicted molar refractivity (Wildman–Crippen MR) is 128 cm³/mol. The van der Waals surface area contributed by atoms with Crippen LogP contribution in [0.3, 0.4) is 0 Å². The number of amides is 2. The van der Waals surface area contributed by atoms with Crippen LogP contribution in [-0.2, 0) is 16.0 Å². The maximum absolute atomic E-state index is 12.9. The van der Waals surface area contributed by atoms with E-state index < -0.39 is 17.6 Å². The minimum atomic E-state index is -1.06. The number of hydrogen-bond acceptors (Lipinski definition) is 4. The zero-order chi connectivity index (χ0) is 24.1. The van der Waals surface area contributed by atoms with E-state index in [9.17, 15) is 19.5 Å². The van der Waals surface area contributed by atoms with Gasteiger partial charge in [0.2, 0.25) is 0 Å². The molecule has 0 bridgehead atoms. The molecule has 2 rings (SSSR count). The molecule has 0 radical (unpaired) electrons. The lowest BCUT2D eigenvalue weighted by molar-refractivity contribution is -0.144. The van der Waals surface area contributed by atoms with Crippen LogP contribution in [0.15, 0.2) is 24.3 Å². The molecule has 2 N–H and O–H groups in total. The molecule has 1 aliphatic heterocycles. The van der Waals surface area contributed by atoms with Crippen LogP contribution in [0, 0.1) is 0 Å². The molecule has 0 aliphatic carbocycles. The Hall–Kier alpha value is -2.57. The standard InChI is InChI=1S/C26H40N2O5/c1-3-5-6-7-8-9-10-11-12-21-13-15-22(16-14-21)24(30)27-26(19-23(29)33-4-2)17-18-28(20-26)25(31)32/h13-16H,3-12,17-20H2,1-2H3,(H,27,30)(H,31,32). The maximum Gasteiger partial charge on any atom is 0.407 e. The number of likely N-dealkylation sites (tertiary alicyclic amines) is 1. The van der Waals surface area contributed by atoms with Gasteiger partial charge in [0.1, 0.15) is 0 Å². The second kappa shape index (κ2) is 13.9. The Morgan fingerprint density at radius 3 is 2.21 bits per heavy atom. The van der Waals surface area contributed by atoms with Crippen LogP contribution >= 0.6 is 0 Å². The van der Waals surface area contributed by atoms with Crippen LogP contribution in [0.5, 0.6) is 0 Å². The lowest BCUT2D eigenvalue weighted by Gasteiger charge is -2.29. The van der Waals surface area contributed by atoms with E-state index in [2.05, 4.69) is 12.2 Å². The van der Waals surface area contributed by atoms with Gasteiger partial charge in [0.05, 0.1) is 18.6 Å². The van der Waals surface area contributed by atoms with Crippen LogP contribution < -0.4 is 5.32 Å². The zero-order valence-corrected chi connectivity index (χ0v) is 20.2. The second-order valence-corrected chi connectivity index (χ2v) is 9.09. The Bertz CT molecular complexity index is 764. The topological polar surface area (TPSA) is 95.9 Å². The normalized spacial score (nSPS) is 17.7. The predicted octanol–water partition coefficient (Wildman–Crippen LogP) is 5.18. The van der Waals surface area contributed by atoms with Crippen molar-refractivity contribution < 1.29 is 24.2 Å². The third-order valence-corrected chi connectivity index (χ3v) is 6.33. The summed E-state index contributed by atoms with van der Waals surface area (Å²) in [7, 11) is 0. The van der Waals surface area contributed by atoms with Crippen molar-refractivity contribution in [3.05, 3.63) is 35.4 Å². The molecule has 1 fully saturated rings. The molecular formula is C26H40N2O5. The Balaban J connectivity index is 1.86. The molecule has 1 aromatic carbocycles. The van der Waals surface area contributed by atoms with E-state index in [0.717, 1.165) is 12.8 Å². The van der Waals surface area contributed by atoms with Gasteiger partial charge in [0.25, 0.3) is 5.91 Å². The molecule has 2 amide bonds. The number of nitrogens with one attached hydrogen (secondary N) is 1. The fourth-order valence-electron chi connectivity index (χ4n) is 4.41. The summed E-state index contributed by atoms with van der Waals surface area (Å²) >= 11 is 0. The quantitative estimate of drug-likeness (QED) is 0.295. The number of benzene rings is 1. The fraction of sp³-hybridized carbons (Fsp3) is 0.654. The van der Waals surface area contributed by atoms with E-state index >= 15 is 0 Å². The molecule has 1 unspecified atom stereocenters. The first kappa shape index (κ1) is 26.7. The first-order valence-electron chi connectivity index (χ1n) is 12.4. The van der Waals surface area contributed by atoms with E-state index in [-0.39, 0.29) is 32.0 Å². The lowest BCUT2D eigenvalue weighted by Crippen LogP contribution is -2.52. The van der Waals surface area contributed by atoms with E-state index in [1.54, 1.807) is 19.1 Å². The monoisotopic (exact) mass is 460 g/mol. The molecule has 1 aromatic rings. The zero-order valence-electron chi connectivity index (χ0n) is 20.2. The molecule has 7 nitrogen and oxygen atoms in total. The first-order valence-corrected chi connectivity index (χ1v) is 12.4. The molecular weight excluding hydrogens is 420 g/mol. The summed E-state index contributed by atoms with van der Waals surface area (Å²) in [5.74, 6) is -0.740. The average molecular weight is 461 g/mol. The largest absolute Gasteiger partial charge is 0.466 e. The molecule has 33 heavy (non-hydrogen) atoms. The van der Waals surface area contributed by atoms with Crippen molar-refractivity contribution in [3.8, 4) is 0 Å². The van der Waals surface area contributed by atoms with Gasteiger partial charge in [0, 0.05) is 18.7 Å². The van der Waals surface area contributed by atoms with E-state index in [1.807, 2.05) is 12.1 Å². The number of rotatable bonds is 14. The molecule has 1 saturated heterocycles. The number of esters is 1. The van der Waals surface area contributed by atoms with Crippen molar-refractivity contribution in [2.75, 3.05) is 19.7 Å². The number of unbranched alkanes of at least 4 members (excludes halogenated alkanes) is 7. The molecule has 0 spiro atoms.